The summed E-state index contributed by atoms with van der Waals surface area (Å²) in [4.78, 5) is 0. The molecule has 0 saturated heterocycles. The highest BCUT2D eigenvalue weighted by Gasteiger charge is 2.22. The minimum Gasteiger partial charge on any atom is -0.316 e. The fraction of sp³-hybridized carbons (Fsp3) is 0.571. The van der Waals surface area contributed by atoms with Gasteiger partial charge in [-0.1, -0.05) is 51.1 Å². The summed E-state index contributed by atoms with van der Waals surface area (Å²) in [6.45, 7) is 6.84. The third-order valence-corrected chi connectivity index (χ3v) is 3.15. The van der Waals surface area contributed by atoms with Crippen LogP contribution in [0.1, 0.15) is 38.7 Å². The molecule has 0 heterocycles. The van der Waals surface area contributed by atoms with E-state index in [9.17, 15) is 0 Å². The summed E-state index contributed by atoms with van der Waals surface area (Å²) in [7, 11) is 2.07. The zero-order valence-corrected chi connectivity index (χ0v) is 10.3. The SMILES string of the molecule is CCC(c1ccccc1)C(NC)C(C)C. The molecule has 1 N–H and O–H groups in total. The van der Waals surface area contributed by atoms with Gasteiger partial charge < -0.3 is 5.32 Å². The lowest BCUT2D eigenvalue weighted by molar-refractivity contribution is 0.355. The highest BCUT2D eigenvalue weighted by molar-refractivity contribution is 5.21. The predicted molar refractivity (Wildman–Crippen MR) is 67.2 cm³/mol. The molecule has 0 radical (unpaired) electrons. The van der Waals surface area contributed by atoms with Crippen LogP contribution in [-0.2, 0) is 0 Å². The Morgan fingerprint density at radius 3 is 2.13 bits per heavy atom. The fourth-order valence-corrected chi connectivity index (χ4v) is 2.40. The molecule has 2 atom stereocenters. The lowest BCUT2D eigenvalue weighted by Crippen LogP contribution is -2.36. The molecule has 1 rings (SSSR count). The average molecular weight is 205 g/mol. The van der Waals surface area contributed by atoms with Crippen molar-refractivity contribution in [1.82, 2.24) is 5.32 Å². The Kier molecular flexibility index (Phi) is 4.83. The monoisotopic (exact) mass is 205 g/mol. The molecule has 1 nitrogen and oxygen atoms in total. The van der Waals surface area contributed by atoms with Crippen LogP contribution >= 0.6 is 0 Å². The van der Waals surface area contributed by atoms with Crippen LogP contribution in [0, 0.1) is 5.92 Å². The Morgan fingerprint density at radius 1 is 1.13 bits per heavy atom. The van der Waals surface area contributed by atoms with Gasteiger partial charge in [-0.3, -0.25) is 0 Å². The van der Waals surface area contributed by atoms with Gasteiger partial charge in [-0.25, -0.2) is 0 Å². The van der Waals surface area contributed by atoms with Crippen LogP contribution in [0.15, 0.2) is 30.3 Å². The number of rotatable bonds is 5. The van der Waals surface area contributed by atoms with Crippen LogP contribution in [-0.4, -0.2) is 13.1 Å². The van der Waals surface area contributed by atoms with E-state index in [1.165, 1.54) is 12.0 Å². The molecular weight excluding hydrogens is 182 g/mol. The molecule has 0 aliphatic carbocycles. The lowest BCUT2D eigenvalue weighted by Gasteiger charge is -2.29. The number of hydrogen-bond acceptors (Lipinski definition) is 1. The van der Waals surface area contributed by atoms with E-state index >= 15 is 0 Å². The van der Waals surface area contributed by atoms with Gasteiger partial charge in [0.05, 0.1) is 0 Å². The van der Waals surface area contributed by atoms with Crippen molar-refractivity contribution in [1.29, 1.82) is 0 Å². The van der Waals surface area contributed by atoms with Crippen molar-refractivity contribution in [3.8, 4) is 0 Å². The van der Waals surface area contributed by atoms with Gasteiger partial charge in [-0.15, -0.1) is 0 Å². The molecular formula is C14H23N. The first kappa shape index (κ1) is 12.3. The maximum Gasteiger partial charge on any atom is 0.0156 e. The third kappa shape index (κ3) is 3.07. The van der Waals surface area contributed by atoms with Crippen LogP contribution in [0.5, 0.6) is 0 Å². The van der Waals surface area contributed by atoms with E-state index in [2.05, 4.69) is 63.5 Å². The summed E-state index contributed by atoms with van der Waals surface area (Å²) >= 11 is 0. The fourth-order valence-electron chi connectivity index (χ4n) is 2.40. The van der Waals surface area contributed by atoms with Gasteiger partial charge in [-0.2, -0.15) is 0 Å². The van der Waals surface area contributed by atoms with Gasteiger partial charge in [0.25, 0.3) is 0 Å². The van der Waals surface area contributed by atoms with Gasteiger partial charge in [0.2, 0.25) is 0 Å². The van der Waals surface area contributed by atoms with E-state index in [-0.39, 0.29) is 0 Å². The van der Waals surface area contributed by atoms with E-state index in [0.29, 0.717) is 17.9 Å². The minimum atomic E-state index is 0.567. The molecule has 1 aromatic carbocycles. The smallest absolute Gasteiger partial charge is 0.0156 e. The predicted octanol–water partition coefficient (Wildman–Crippen LogP) is 3.42. The molecule has 0 aliphatic heterocycles. The van der Waals surface area contributed by atoms with E-state index in [1.807, 2.05) is 0 Å². The molecule has 0 aliphatic rings. The highest BCUT2D eigenvalue weighted by atomic mass is 14.9. The first-order valence-corrected chi connectivity index (χ1v) is 5.92. The maximum absolute atomic E-state index is 3.45. The molecule has 0 bridgehead atoms. The van der Waals surface area contributed by atoms with Crippen LogP contribution in [0.3, 0.4) is 0 Å². The molecule has 2 unspecified atom stereocenters. The zero-order chi connectivity index (χ0) is 11.3. The molecule has 0 amide bonds. The first-order chi connectivity index (χ1) is 7.20. The molecule has 1 aromatic rings. The standard InChI is InChI=1S/C14H23N/c1-5-13(14(15-4)11(2)3)12-9-7-6-8-10-12/h6-11,13-15H,5H2,1-4H3. The molecule has 1 heteroatoms. The Morgan fingerprint density at radius 2 is 1.73 bits per heavy atom. The van der Waals surface area contributed by atoms with Crippen molar-refractivity contribution in [2.24, 2.45) is 5.92 Å². The Labute approximate surface area is 93.9 Å². The topological polar surface area (TPSA) is 12.0 Å². The summed E-state index contributed by atoms with van der Waals surface area (Å²) in [6.07, 6.45) is 1.19. The van der Waals surface area contributed by atoms with Crippen LogP contribution in [0.2, 0.25) is 0 Å². The van der Waals surface area contributed by atoms with Crippen LogP contribution in [0.25, 0.3) is 0 Å². The van der Waals surface area contributed by atoms with E-state index in [0.717, 1.165) is 0 Å². The molecule has 84 valence electrons. The third-order valence-electron chi connectivity index (χ3n) is 3.15. The van der Waals surface area contributed by atoms with E-state index in [4.69, 9.17) is 0 Å². The molecule has 0 saturated carbocycles. The Hall–Kier alpha value is -0.820. The average Bonchev–Trinajstić information content (AvgIpc) is 2.26. The first-order valence-electron chi connectivity index (χ1n) is 5.92. The largest absolute Gasteiger partial charge is 0.316 e. The van der Waals surface area contributed by atoms with E-state index < -0.39 is 0 Å². The maximum atomic E-state index is 3.45. The second-order valence-corrected chi connectivity index (χ2v) is 4.48. The van der Waals surface area contributed by atoms with Crippen molar-refractivity contribution < 1.29 is 0 Å². The molecule has 15 heavy (non-hydrogen) atoms. The highest BCUT2D eigenvalue weighted by Crippen LogP contribution is 2.26. The zero-order valence-electron chi connectivity index (χ0n) is 10.3. The second-order valence-electron chi connectivity index (χ2n) is 4.48. The summed E-state index contributed by atoms with van der Waals surface area (Å²) in [5.74, 6) is 1.29. The number of hydrogen-bond donors (Lipinski definition) is 1. The van der Waals surface area contributed by atoms with Gasteiger partial charge in [0.1, 0.15) is 0 Å². The Bertz CT molecular complexity index is 266. The van der Waals surface area contributed by atoms with Crippen molar-refractivity contribution in [2.75, 3.05) is 7.05 Å². The van der Waals surface area contributed by atoms with Crippen molar-refractivity contribution in [2.45, 2.75) is 39.2 Å². The lowest BCUT2D eigenvalue weighted by atomic mass is 9.83. The van der Waals surface area contributed by atoms with Crippen LogP contribution < -0.4 is 5.32 Å². The summed E-state index contributed by atoms with van der Waals surface area (Å²) in [5.41, 5.74) is 1.45. The van der Waals surface area contributed by atoms with Crippen LogP contribution in [0.4, 0.5) is 0 Å². The summed E-state index contributed by atoms with van der Waals surface area (Å²) in [5, 5.41) is 3.45. The van der Waals surface area contributed by atoms with Crippen molar-refractivity contribution >= 4 is 0 Å². The van der Waals surface area contributed by atoms with E-state index in [1.54, 1.807) is 0 Å². The van der Waals surface area contributed by atoms with Crippen molar-refractivity contribution in [3.05, 3.63) is 35.9 Å². The van der Waals surface area contributed by atoms with Gasteiger partial charge >= 0.3 is 0 Å². The number of likely N-dealkylation sites (N-methyl/N-ethyl adjacent to an activating group) is 1. The van der Waals surface area contributed by atoms with Crippen molar-refractivity contribution in [3.63, 3.8) is 0 Å². The normalized spacial score (nSPS) is 15.3. The second kappa shape index (κ2) is 5.92. The minimum absolute atomic E-state index is 0.567. The van der Waals surface area contributed by atoms with Gasteiger partial charge in [0.15, 0.2) is 0 Å². The number of benzene rings is 1. The molecule has 0 spiro atoms. The quantitative estimate of drug-likeness (QED) is 0.776. The van der Waals surface area contributed by atoms with Gasteiger partial charge in [-0.05, 0) is 30.9 Å². The Balaban J connectivity index is 2.87. The summed E-state index contributed by atoms with van der Waals surface area (Å²) < 4.78 is 0. The molecule has 0 aromatic heterocycles. The van der Waals surface area contributed by atoms with Gasteiger partial charge in [0, 0.05) is 6.04 Å². The number of nitrogens with one attached hydrogen (secondary N) is 1. The summed E-state index contributed by atoms with van der Waals surface area (Å²) in [6, 6.07) is 11.4. The molecule has 0 fully saturated rings.